The molecule has 108 valence electrons. The summed E-state index contributed by atoms with van der Waals surface area (Å²) in [6, 6.07) is 1.19. The molecule has 2 rings (SSSR count). The Hall–Kier alpha value is -1.58. The number of nitrogen functional groups attached to an aromatic ring is 1. The van der Waals surface area contributed by atoms with E-state index in [1.807, 2.05) is 0 Å². The van der Waals surface area contributed by atoms with Crippen LogP contribution in [0.1, 0.15) is 10.7 Å². The maximum Gasteiger partial charge on any atom is 0.243 e. The van der Waals surface area contributed by atoms with Crippen LogP contribution in [0.5, 0.6) is 0 Å². The van der Waals surface area contributed by atoms with Gasteiger partial charge in [0.15, 0.2) is 0 Å². The van der Waals surface area contributed by atoms with Crippen molar-refractivity contribution in [2.24, 2.45) is 0 Å². The van der Waals surface area contributed by atoms with Crippen molar-refractivity contribution in [1.82, 2.24) is 9.71 Å². The highest BCUT2D eigenvalue weighted by Gasteiger charge is 2.21. The highest BCUT2D eigenvalue weighted by Crippen LogP contribution is 2.21. The summed E-state index contributed by atoms with van der Waals surface area (Å²) >= 11 is 1.28. The maximum absolute atomic E-state index is 13.5. The largest absolute Gasteiger partial charge is 0.396 e. The molecule has 0 fully saturated rings. The van der Waals surface area contributed by atoms with E-state index < -0.39 is 32.2 Å². The fourth-order valence-electron chi connectivity index (χ4n) is 1.47. The number of nitrogens with one attached hydrogen (secondary N) is 1. The fourth-order valence-corrected chi connectivity index (χ4v) is 3.35. The van der Waals surface area contributed by atoms with Gasteiger partial charge < -0.3 is 5.73 Å². The van der Waals surface area contributed by atoms with E-state index in [0.717, 1.165) is 11.8 Å². The lowest BCUT2D eigenvalue weighted by Crippen LogP contribution is -2.24. The zero-order valence-corrected chi connectivity index (χ0v) is 12.0. The average Bonchev–Trinajstić information content (AvgIpc) is 2.77. The number of thiazole rings is 1. The molecule has 0 atom stereocenters. The first kappa shape index (κ1) is 14.8. The van der Waals surface area contributed by atoms with E-state index in [-0.39, 0.29) is 6.54 Å². The number of rotatable bonds is 4. The average molecular weight is 319 g/mol. The Morgan fingerprint density at radius 3 is 2.65 bits per heavy atom. The molecule has 2 aromatic rings. The minimum atomic E-state index is -4.12. The second-order valence-electron chi connectivity index (χ2n) is 4.01. The lowest BCUT2D eigenvalue weighted by atomic mass is 10.3. The molecule has 1 heterocycles. The van der Waals surface area contributed by atoms with Crippen molar-refractivity contribution in [3.63, 3.8) is 0 Å². The summed E-state index contributed by atoms with van der Waals surface area (Å²) in [5.41, 5.74) is 5.58. The first-order valence-electron chi connectivity index (χ1n) is 5.45. The van der Waals surface area contributed by atoms with Gasteiger partial charge in [-0.05, 0) is 13.0 Å². The molecule has 0 aliphatic carbocycles. The predicted molar refractivity (Wildman–Crippen MR) is 71.6 cm³/mol. The molecular weight excluding hydrogens is 308 g/mol. The summed E-state index contributed by atoms with van der Waals surface area (Å²) in [5, 5.41) is 2.31. The third-order valence-electron chi connectivity index (χ3n) is 2.42. The van der Waals surface area contributed by atoms with Gasteiger partial charge in [-0.2, -0.15) is 0 Å². The van der Waals surface area contributed by atoms with Crippen LogP contribution in [0.2, 0.25) is 0 Å². The predicted octanol–water partition coefficient (Wildman–Crippen LogP) is 1.79. The van der Waals surface area contributed by atoms with E-state index >= 15 is 0 Å². The van der Waals surface area contributed by atoms with E-state index in [4.69, 9.17) is 5.73 Å². The molecule has 0 spiro atoms. The second kappa shape index (κ2) is 5.43. The van der Waals surface area contributed by atoms with Gasteiger partial charge in [-0.1, -0.05) is 0 Å². The van der Waals surface area contributed by atoms with Gasteiger partial charge in [-0.15, -0.1) is 11.3 Å². The number of hydrogen-bond acceptors (Lipinski definition) is 5. The van der Waals surface area contributed by atoms with Crippen molar-refractivity contribution >= 4 is 27.0 Å². The number of aromatic nitrogens is 1. The quantitative estimate of drug-likeness (QED) is 0.841. The highest BCUT2D eigenvalue weighted by atomic mass is 32.2. The van der Waals surface area contributed by atoms with Gasteiger partial charge in [0.2, 0.25) is 10.0 Å². The lowest BCUT2D eigenvalue weighted by Gasteiger charge is -2.07. The van der Waals surface area contributed by atoms with E-state index in [9.17, 15) is 17.2 Å². The Labute approximate surface area is 118 Å². The fraction of sp³-hybridized carbons (Fsp3) is 0.182. The molecule has 1 aromatic carbocycles. The number of anilines is 1. The van der Waals surface area contributed by atoms with Crippen LogP contribution in [0.25, 0.3) is 0 Å². The number of nitrogens with zero attached hydrogens (tertiary/aromatic N) is 1. The van der Waals surface area contributed by atoms with Gasteiger partial charge >= 0.3 is 0 Å². The van der Waals surface area contributed by atoms with Crippen LogP contribution in [0.15, 0.2) is 22.4 Å². The first-order chi connectivity index (χ1) is 9.29. The summed E-state index contributed by atoms with van der Waals surface area (Å²) in [7, 11) is -4.12. The second-order valence-corrected chi connectivity index (χ2v) is 6.69. The summed E-state index contributed by atoms with van der Waals surface area (Å²) in [6.07, 6.45) is 0. The molecule has 0 saturated carbocycles. The maximum atomic E-state index is 13.5. The van der Waals surface area contributed by atoms with Gasteiger partial charge in [-0.25, -0.2) is 26.9 Å². The molecule has 3 N–H and O–H groups in total. The molecule has 0 unspecified atom stereocenters. The molecule has 0 radical (unpaired) electrons. The van der Waals surface area contributed by atoms with Crippen LogP contribution in [0, 0.1) is 18.6 Å². The van der Waals surface area contributed by atoms with E-state index in [1.165, 1.54) is 11.3 Å². The normalized spacial score (nSPS) is 11.8. The van der Waals surface area contributed by atoms with Crippen LogP contribution in [0.3, 0.4) is 0 Å². The zero-order valence-electron chi connectivity index (χ0n) is 10.4. The molecule has 0 amide bonds. The number of hydrogen-bond donors (Lipinski definition) is 2. The van der Waals surface area contributed by atoms with Crippen molar-refractivity contribution in [1.29, 1.82) is 0 Å². The molecule has 0 aliphatic rings. The van der Waals surface area contributed by atoms with Crippen LogP contribution < -0.4 is 10.5 Å². The Morgan fingerprint density at radius 2 is 2.05 bits per heavy atom. The van der Waals surface area contributed by atoms with Gasteiger partial charge in [0.05, 0.1) is 12.2 Å². The number of halogens is 2. The minimum absolute atomic E-state index is 0.0719. The number of nitrogens with two attached hydrogens (primary N) is 1. The van der Waals surface area contributed by atoms with Crippen molar-refractivity contribution in [3.05, 3.63) is 39.8 Å². The third kappa shape index (κ3) is 3.11. The van der Waals surface area contributed by atoms with Crippen molar-refractivity contribution in [2.45, 2.75) is 18.4 Å². The van der Waals surface area contributed by atoms with Crippen LogP contribution in [0.4, 0.5) is 14.5 Å². The smallest absolute Gasteiger partial charge is 0.243 e. The zero-order chi connectivity index (χ0) is 14.9. The van der Waals surface area contributed by atoms with E-state index in [2.05, 4.69) is 9.71 Å². The SMILES string of the molecule is Cc1csc(CNS(=O)(=O)c2cc(N)c(F)cc2F)n1. The Morgan fingerprint density at radius 1 is 1.35 bits per heavy atom. The van der Waals surface area contributed by atoms with Crippen molar-refractivity contribution < 1.29 is 17.2 Å². The highest BCUT2D eigenvalue weighted by molar-refractivity contribution is 7.89. The minimum Gasteiger partial charge on any atom is -0.396 e. The third-order valence-corrected chi connectivity index (χ3v) is 4.80. The van der Waals surface area contributed by atoms with Crippen LogP contribution in [-0.2, 0) is 16.6 Å². The molecule has 1 aromatic heterocycles. The summed E-state index contributed by atoms with van der Waals surface area (Å²) in [5.74, 6) is -2.20. The standard InChI is InChI=1S/C11H11F2N3O2S2/c1-6-5-19-11(16-6)4-15-20(17,18)10-3-9(14)7(12)2-8(10)13/h2-3,5,15H,4,14H2,1H3. The summed E-state index contributed by atoms with van der Waals surface area (Å²) in [4.78, 5) is 3.38. The molecule has 9 heteroatoms. The Kier molecular flexibility index (Phi) is 4.02. The lowest BCUT2D eigenvalue weighted by molar-refractivity contribution is 0.544. The Balaban J connectivity index is 2.24. The topological polar surface area (TPSA) is 85.1 Å². The van der Waals surface area contributed by atoms with Crippen molar-refractivity contribution in [3.8, 4) is 0 Å². The molecule has 0 saturated heterocycles. The van der Waals surface area contributed by atoms with Gasteiger partial charge in [0.25, 0.3) is 0 Å². The summed E-state index contributed by atoms with van der Waals surface area (Å²) in [6.45, 7) is 1.70. The number of benzene rings is 1. The molecule has 0 bridgehead atoms. The van der Waals surface area contributed by atoms with E-state index in [1.54, 1.807) is 12.3 Å². The van der Waals surface area contributed by atoms with E-state index in [0.29, 0.717) is 11.1 Å². The monoisotopic (exact) mass is 319 g/mol. The van der Waals surface area contributed by atoms with Crippen LogP contribution >= 0.6 is 11.3 Å². The summed E-state index contributed by atoms with van der Waals surface area (Å²) < 4.78 is 52.6. The molecule has 20 heavy (non-hydrogen) atoms. The number of aryl methyl sites for hydroxylation is 1. The molecule has 0 aliphatic heterocycles. The van der Waals surface area contributed by atoms with Crippen LogP contribution in [-0.4, -0.2) is 13.4 Å². The molecular formula is C11H11F2N3O2S2. The van der Waals surface area contributed by atoms with Gasteiger partial charge in [0.1, 0.15) is 21.5 Å². The van der Waals surface area contributed by atoms with Crippen molar-refractivity contribution in [2.75, 3.05) is 5.73 Å². The van der Waals surface area contributed by atoms with Gasteiger partial charge in [0, 0.05) is 17.1 Å². The Bertz CT molecular complexity index is 744. The number of sulfonamides is 1. The van der Waals surface area contributed by atoms with Gasteiger partial charge in [-0.3, -0.25) is 0 Å². The first-order valence-corrected chi connectivity index (χ1v) is 7.81. The molecule has 5 nitrogen and oxygen atoms in total.